The van der Waals surface area contributed by atoms with Crippen LogP contribution in [0.1, 0.15) is 31.2 Å². The first-order valence-corrected chi connectivity index (χ1v) is 8.36. The number of hydrogen-bond acceptors (Lipinski definition) is 2. The Morgan fingerprint density at radius 1 is 1.36 bits per heavy atom. The summed E-state index contributed by atoms with van der Waals surface area (Å²) in [5, 5.41) is 13.3. The molecule has 4 nitrogen and oxygen atoms in total. The molecular formula is C16H22Cl2N2O2. The number of rotatable bonds is 4. The average Bonchev–Trinajstić information content (AvgIpc) is 2.52. The summed E-state index contributed by atoms with van der Waals surface area (Å²) in [6.07, 6.45) is 1.71. The molecule has 2 rings (SSSR count). The third-order valence-corrected chi connectivity index (χ3v) is 4.87. The van der Waals surface area contributed by atoms with Gasteiger partial charge in [0.05, 0.1) is 0 Å². The SMILES string of the molecule is CC(CNC(=O)N1CCC(CO)CC1)c1c(Cl)cccc1Cl. The number of hydrogen-bond donors (Lipinski definition) is 2. The van der Waals surface area contributed by atoms with Crippen LogP contribution in [0.25, 0.3) is 0 Å². The van der Waals surface area contributed by atoms with E-state index in [1.165, 1.54) is 0 Å². The predicted molar refractivity (Wildman–Crippen MR) is 89.7 cm³/mol. The maximum Gasteiger partial charge on any atom is 0.317 e. The summed E-state index contributed by atoms with van der Waals surface area (Å²) in [4.78, 5) is 14.0. The van der Waals surface area contributed by atoms with Crippen molar-refractivity contribution < 1.29 is 9.90 Å². The third kappa shape index (κ3) is 4.28. The number of nitrogens with one attached hydrogen (secondary N) is 1. The average molecular weight is 345 g/mol. The van der Waals surface area contributed by atoms with Gasteiger partial charge in [0.2, 0.25) is 0 Å². The number of likely N-dealkylation sites (tertiary alicyclic amines) is 1. The number of urea groups is 1. The smallest absolute Gasteiger partial charge is 0.317 e. The second-order valence-corrected chi connectivity index (χ2v) is 6.65. The molecule has 0 spiro atoms. The van der Waals surface area contributed by atoms with Crippen LogP contribution in [0.4, 0.5) is 4.79 Å². The van der Waals surface area contributed by atoms with Gasteiger partial charge < -0.3 is 15.3 Å². The standard InChI is InChI=1S/C16H22Cl2N2O2/c1-11(15-13(17)3-2-4-14(15)18)9-19-16(22)20-7-5-12(10-21)6-8-20/h2-4,11-12,21H,5-10H2,1H3,(H,19,22). The molecule has 0 bridgehead atoms. The Morgan fingerprint density at radius 3 is 2.50 bits per heavy atom. The summed E-state index contributed by atoms with van der Waals surface area (Å²) in [6, 6.07) is 5.36. The second kappa shape index (κ2) is 8.04. The zero-order valence-corrected chi connectivity index (χ0v) is 14.2. The summed E-state index contributed by atoms with van der Waals surface area (Å²) in [5.41, 5.74) is 0.866. The van der Waals surface area contributed by atoms with Crippen LogP contribution in [0.2, 0.25) is 10.0 Å². The number of piperidine rings is 1. The number of halogens is 2. The van der Waals surface area contributed by atoms with Crippen molar-refractivity contribution in [3.63, 3.8) is 0 Å². The highest BCUT2D eigenvalue weighted by Gasteiger charge is 2.23. The molecule has 1 unspecified atom stereocenters. The zero-order chi connectivity index (χ0) is 16.1. The summed E-state index contributed by atoms with van der Waals surface area (Å²) in [5.74, 6) is 0.366. The minimum atomic E-state index is -0.0635. The maximum absolute atomic E-state index is 12.2. The van der Waals surface area contributed by atoms with Crippen LogP contribution >= 0.6 is 23.2 Å². The first-order chi connectivity index (χ1) is 10.5. The molecule has 6 heteroatoms. The Hall–Kier alpha value is -0.970. The molecule has 2 amide bonds. The van der Waals surface area contributed by atoms with Crippen LogP contribution in [0.3, 0.4) is 0 Å². The Bertz CT molecular complexity index is 497. The van der Waals surface area contributed by atoms with Crippen LogP contribution in [-0.4, -0.2) is 42.3 Å². The molecule has 1 fully saturated rings. The number of aliphatic hydroxyl groups is 1. The lowest BCUT2D eigenvalue weighted by atomic mass is 9.98. The number of carbonyl (C=O) groups excluding carboxylic acids is 1. The molecule has 122 valence electrons. The highest BCUT2D eigenvalue weighted by Crippen LogP contribution is 2.31. The molecule has 1 aromatic carbocycles. The topological polar surface area (TPSA) is 52.6 Å². The minimum Gasteiger partial charge on any atom is -0.396 e. The molecule has 1 heterocycles. The molecule has 1 aliphatic rings. The van der Waals surface area contributed by atoms with Gasteiger partial charge in [-0.15, -0.1) is 0 Å². The Kier molecular flexibility index (Phi) is 6.36. The van der Waals surface area contributed by atoms with E-state index in [2.05, 4.69) is 5.32 Å². The van der Waals surface area contributed by atoms with Crippen LogP contribution in [0.5, 0.6) is 0 Å². The van der Waals surface area contributed by atoms with Gasteiger partial charge in [-0.1, -0.05) is 36.2 Å². The molecule has 1 aromatic rings. The van der Waals surface area contributed by atoms with Crippen molar-refractivity contribution >= 4 is 29.2 Å². The first-order valence-electron chi connectivity index (χ1n) is 7.60. The zero-order valence-electron chi connectivity index (χ0n) is 12.7. The highest BCUT2D eigenvalue weighted by atomic mass is 35.5. The van der Waals surface area contributed by atoms with Crippen molar-refractivity contribution in [2.24, 2.45) is 5.92 Å². The molecule has 1 atom stereocenters. The normalized spacial score (nSPS) is 17.4. The molecule has 0 saturated carbocycles. The number of aliphatic hydroxyl groups excluding tert-OH is 1. The third-order valence-electron chi connectivity index (χ3n) is 4.21. The lowest BCUT2D eigenvalue weighted by Crippen LogP contribution is -2.45. The van der Waals surface area contributed by atoms with Crippen LogP contribution in [0.15, 0.2) is 18.2 Å². The van der Waals surface area contributed by atoms with Crippen molar-refractivity contribution in [2.75, 3.05) is 26.2 Å². The van der Waals surface area contributed by atoms with Gasteiger partial charge in [-0.3, -0.25) is 0 Å². The monoisotopic (exact) mass is 344 g/mol. The van der Waals surface area contributed by atoms with Crippen molar-refractivity contribution in [2.45, 2.75) is 25.7 Å². The fourth-order valence-electron chi connectivity index (χ4n) is 2.75. The quantitative estimate of drug-likeness (QED) is 0.877. The van der Waals surface area contributed by atoms with Gasteiger partial charge in [0.25, 0.3) is 0 Å². The van der Waals surface area contributed by atoms with Crippen molar-refractivity contribution in [1.29, 1.82) is 0 Å². The summed E-state index contributed by atoms with van der Waals surface area (Å²) in [6.45, 7) is 4.07. The Balaban J connectivity index is 1.86. The maximum atomic E-state index is 12.2. The largest absolute Gasteiger partial charge is 0.396 e. The van der Waals surface area contributed by atoms with E-state index in [9.17, 15) is 4.79 Å². The molecule has 1 saturated heterocycles. The van der Waals surface area contributed by atoms with Crippen molar-refractivity contribution in [1.82, 2.24) is 10.2 Å². The van der Waals surface area contributed by atoms with E-state index < -0.39 is 0 Å². The van der Waals surface area contributed by atoms with Crippen LogP contribution in [0, 0.1) is 5.92 Å². The van der Waals surface area contributed by atoms with Gasteiger partial charge in [-0.05, 0) is 36.5 Å². The van der Waals surface area contributed by atoms with E-state index in [0.29, 0.717) is 35.6 Å². The van der Waals surface area contributed by atoms with Gasteiger partial charge in [-0.2, -0.15) is 0 Å². The number of nitrogens with zero attached hydrogens (tertiary/aromatic N) is 1. The lowest BCUT2D eigenvalue weighted by Gasteiger charge is -2.31. The van der Waals surface area contributed by atoms with Crippen molar-refractivity contribution in [3.8, 4) is 0 Å². The van der Waals surface area contributed by atoms with Gasteiger partial charge in [-0.25, -0.2) is 4.79 Å². The van der Waals surface area contributed by atoms with E-state index in [4.69, 9.17) is 28.3 Å². The number of carbonyl (C=O) groups is 1. The van der Waals surface area contributed by atoms with Crippen molar-refractivity contribution in [3.05, 3.63) is 33.8 Å². The fraction of sp³-hybridized carbons (Fsp3) is 0.562. The molecule has 0 aromatic heterocycles. The number of benzene rings is 1. The highest BCUT2D eigenvalue weighted by molar-refractivity contribution is 6.36. The summed E-state index contributed by atoms with van der Waals surface area (Å²) >= 11 is 12.4. The summed E-state index contributed by atoms with van der Waals surface area (Å²) < 4.78 is 0. The molecule has 0 radical (unpaired) electrons. The van der Waals surface area contributed by atoms with Gasteiger partial charge >= 0.3 is 6.03 Å². The van der Waals surface area contributed by atoms with E-state index >= 15 is 0 Å². The molecule has 22 heavy (non-hydrogen) atoms. The second-order valence-electron chi connectivity index (χ2n) is 5.84. The van der Waals surface area contributed by atoms with E-state index in [0.717, 1.165) is 18.4 Å². The number of amides is 2. The Labute approximate surface area is 141 Å². The van der Waals surface area contributed by atoms with E-state index in [-0.39, 0.29) is 18.6 Å². The van der Waals surface area contributed by atoms with Gasteiger partial charge in [0.1, 0.15) is 0 Å². The van der Waals surface area contributed by atoms with E-state index in [1.54, 1.807) is 17.0 Å². The Morgan fingerprint density at radius 2 is 1.95 bits per heavy atom. The lowest BCUT2D eigenvalue weighted by molar-refractivity contribution is 0.137. The molecular weight excluding hydrogens is 323 g/mol. The minimum absolute atomic E-state index is 0.0418. The van der Waals surface area contributed by atoms with Gasteiger partial charge in [0, 0.05) is 42.2 Å². The van der Waals surface area contributed by atoms with Gasteiger partial charge in [0.15, 0.2) is 0 Å². The predicted octanol–water partition coefficient (Wildman–Crippen LogP) is 3.51. The molecule has 2 N–H and O–H groups in total. The first kappa shape index (κ1) is 17.4. The summed E-state index contributed by atoms with van der Waals surface area (Å²) in [7, 11) is 0. The molecule has 0 aliphatic carbocycles. The van der Waals surface area contributed by atoms with Crippen LogP contribution < -0.4 is 5.32 Å². The van der Waals surface area contributed by atoms with Crippen LogP contribution in [-0.2, 0) is 0 Å². The fourth-order valence-corrected chi connectivity index (χ4v) is 3.52. The molecule has 1 aliphatic heterocycles. The van der Waals surface area contributed by atoms with E-state index in [1.807, 2.05) is 13.0 Å².